The highest BCUT2D eigenvalue weighted by Gasteiger charge is 2.47. The topological polar surface area (TPSA) is 218 Å². The molecular weight excluding hydrogens is 560 g/mol. The van der Waals surface area contributed by atoms with Crippen LogP contribution in [0.5, 0.6) is 17.2 Å². The van der Waals surface area contributed by atoms with Crippen molar-refractivity contribution in [2.75, 3.05) is 13.7 Å². The molecule has 0 radical (unpaired) electrons. The van der Waals surface area contributed by atoms with E-state index in [2.05, 4.69) is 0 Å². The first-order valence-electron chi connectivity index (χ1n) is 13.1. The zero-order valence-corrected chi connectivity index (χ0v) is 22.5. The number of aromatic hydroxyl groups is 1. The van der Waals surface area contributed by atoms with Crippen molar-refractivity contribution < 1.29 is 63.8 Å². The van der Waals surface area contributed by atoms with Gasteiger partial charge in [-0.25, -0.2) is 0 Å². The lowest BCUT2D eigenvalue weighted by Gasteiger charge is -2.42. The molecular formula is C28H32O14. The average molecular weight is 593 g/mol. The Morgan fingerprint density at radius 1 is 0.810 bits per heavy atom. The normalized spacial score (nSPS) is 33.4. The number of hydrogen-bond donors (Lipinski definition) is 7. The first-order chi connectivity index (χ1) is 20.0. The van der Waals surface area contributed by atoms with Crippen molar-refractivity contribution in [3.05, 3.63) is 52.9 Å². The number of benzene rings is 2. The Morgan fingerprint density at radius 3 is 2.17 bits per heavy atom. The average Bonchev–Trinajstić information content (AvgIpc) is 2.98. The van der Waals surface area contributed by atoms with Gasteiger partial charge in [-0.1, -0.05) is 12.1 Å². The molecule has 7 N–H and O–H groups in total. The summed E-state index contributed by atoms with van der Waals surface area (Å²) in [6.45, 7) is 0.987. The van der Waals surface area contributed by atoms with Crippen LogP contribution in [-0.4, -0.2) is 111 Å². The lowest BCUT2D eigenvalue weighted by molar-refractivity contribution is -0.318. The number of methoxy groups -OCH3 is 1. The van der Waals surface area contributed by atoms with E-state index in [0.29, 0.717) is 11.3 Å². The highest BCUT2D eigenvalue weighted by Crippen LogP contribution is 2.33. The first kappa shape index (κ1) is 30.2. The van der Waals surface area contributed by atoms with E-state index in [1.807, 2.05) is 0 Å². The van der Waals surface area contributed by atoms with Gasteiger partial charge in [-0.15, -0.1) is 0 Å². The third-order valence-corrected chi connectivity index (χ3v) is 7.39. The Bertz CT molecular complexity index is 1440. The Hall–Kier alpha value is -3.31. The Labute approximate surface area is 238 Å². The molecule has 2 aliphatic rings. The van der Waals surface area contributed by atoms with Crippen molar-refractivity contribution in [1.29, 1.82) is 0 Å². The van der Waals surface area contributed by atoms with Gasteiger partial charge >= 0.3 is 0 Å². The lowest BCUT2D eigenvalue weighted by atomic mass is 9.98. The van der Waals surface area contributed by atoms with Crippen molar-refractivity contribution in [3.63, 3.8) is 0 Å². The quantitative estimate of drug-likeness (QED) is 0.179. The molecule has 2 saturated heterocycles. The zero-order chi connectivity index (χ0) is 30.3. The summed E-state index contributed by atoms with van der Waals surface area (Å²) in [4.78, 5) is 13.2. The fraction of sp³-hybridized carbons (Fsp3) is 0.464. The van der Waals surface area contributed by atoms with Crippen LogP contribution in [0.3, 0.4) is 0 Å². The van der Waals surface area contributed by atoms with Crippen LogP contribution in [0.15, 0.2) is 51.9 Å². The van der Waals surface area contributed by atoms with Gasteiger partial charge in [0, 0.05) is 12.1 Å². The van der Waals surface area contributed by atoms with Crippen LogP contribution >= 0.6 is 0 Å². The minimum Gasteiger partial charge on any atom is -0.507 e. The predicted octanol–water partition coefficient (Wildman–Crippen LogP) is -0.795. The summed E-state index contributed by atoms with van der Waals surface area (Å²) in [5, 5.41) is 71.9. The van der Waals surface area contributed by atoms with E-state index >= 15 is 0 Å². The molecule has 0 amide bonds. The molecule has 0 unspecified atom stereocenters. The van der Waals surface area contributed by atoms with Gasteiger partial charge in [0.1, 0.15) is 77.2 Å². The molecule has 14 nitrogen and oxygen atoms in total. The molecule has 228 valence electrons. The summed E-state index contributed by atoms with van der Waals surface area (Å²) in [7, 11) is 1.52. The summed E-state index contributed by atoms with van der Waals surface area (Å²) >= 11 is 0. The van der Waals surface area contributed by atoms with Gasteiger partial charge in [0.15, 0.2) is 6.29 Å². The number of phenols is 1. The van der Waals surface area contributed by atoms with Crippen LogP contribution in [0.2, 0.25) is 0 Å². The van der Waals surface area contributed by atoms with Crippen LogP contribution in [-0.2, 0) is 14.2 Å². The summed E-state index contributed by atoms with van der Waals surface area (Å²) in [5.74, 6) is 0.0283. The number of ether oxygens (including phenoxy) is 5. The Balaban J connectivity index is 1.33. The van der Waals surface area contributed by atoms with Gasteiger partial charge in [-0.05, 0) is 24.6 Å². The van der Waals surface area contributed by atoms with Gasteiger partial charge in [0.25, 0.3) is 0 Å². The van der Waals surface area contributed by atoms with Crippen LogP contribution < -0.4 is 14.9 Å². The van der Waals surface area contributed by atoms with E-state index in [9.17, 15) is 40.5 Å². The highest BCUT2D eigenvalue weighted by molar-refractivity contribution is 5.88. The highest BCUT2D eigenvalue weighted by atomic mass is 16.7. The van der Waals surface area contributed by atoms with Crippen molar-refractivity contribution in [1.82, 2.24) is 0 Å². The molecule has 0 saturated carbocycles. The second-order valence-corrected chi connectivity index (χ2v) is 10.2. The van der Waals surface area contributed by atoms with Crippen LogP contribution in [0.1, 0.15) is 6.92 Å². The summed E-state index contributed by atoms with van der Waals surface area (Å²) in [6.07, 6.45) is -13.6. The molecule has 42 heavy (non-hydrogen) atoms. The third-order valence-electron chi connectivity index (χ3n) is 7.39. The molecule has 2 aliphatic heterocycles. The molecule has 1 aromatic heterocycles. The van der Waals surface area contributed by atoms with E-state index < -0.39 is 79.2 Å². The largest absolute Gasteiger partial charge is 0.507 e. The minimum absolute atomic E-state index is 0.0312. The molecule has 0 bridgehead atoms. The van der Waals surface area contributed by atoms with E-state index in [1.165, 1.54) is 26.4 Å². The second kappa shape index (κ2) is 12.1. The van der Waals surface area contributed by atoms with Crippen LogP contribution in [0.25, 0.3) is 22.1 Å². The van der Waals surface area contributed by atoms with E-state index in [0.717, 1.165) is 6.07 Å². The van der Waals surface area contributed by atoms with Gasteiger partial charge in [-0.2, -0.15) is 0 Å². The summed E-state index contributed by atoms with van der Waals surface area (Å²) in [6, 6.07) is 9.07. The number of aliphatic hydroxyl groups is 6. The fourth-order valence-electron chi connectivity index (χ4n) is 4.87. The number of fused-ring (bicyclic) bond motifs is 1. The number of aliphatic hydroxyl groups excluding tert-OH is 6. The van der Waals surface area contributed by atoms with Crippen LogP contribution in [0, 0.1) is 0 Å². The Kier molecular flexibility index (Phi) is 8.71. The van der Waals surface area contributed by atoms with Gasteiger partial charge in [-0.3, -0.25) is 4.79 Å². The van der Waals surface area contributed by atoms with E-state index in [1.54, 1.807) is 24.3 Å². The molecule has 14 heteroatoms. The van der Waals surface area contributed by atoms with Crippen molar-refractivity contribution in [2.45, 2.75) is 68.3 Å². The van der Waals surface area contributed by atoms with Gasteiger partial charge in [0.05, 0.1) is 25.4 Å². The summed E-state index contributed by atoms with van der Waals surface area (Å²) < 4.78 is 32.8. The maximum Gasteiger partial charge on any atom is 0.229 e. The van der Waals surface area contributed by atoms with Gasteiger partial charge < -0.3 is 63.8 Å². The first-order valence-corrected chi connectivity index (χ1v) is 13.1. The predicted molar refractivity (Wildman–Crippen MR) is 142 cm³/mol. The second-order valence-electron chi connectivity index (χ2n) is 10.2. The minimum atomic E-state index is -1.75. The fourth-order valence-corrected chi connectivity index (χ4v) is 4.87. The summed E-state index contributed by atoms with van der Waals surface area (Å²) in [5.41, 5.74) is 0.200. The maximum absolute atomic E-state index is 13.2. The SMILES string of the molecule is COc1ccc(-c2coc3cc(O[C@@H]4O[C@@H](CO[C@@H]5O[C@@H](C)[C@H](O)[C@H](O)[C@@H]5O)[C@H](O)[C@H](O)[C@@H]4O)cc(O)c3c2=O)cc1. The van der Waals surface area contributed by atoms with Crippen molar-refractivity contribution in [3.8, 4) is 28.4 Å². The molecule has 3 aromatic rings. The maximum atomic E-state index is 13.2. The molecule has 10 atom stereocenters. The zero-order valence-electron chi connectivity index (χ0n) is 22.5. The number of phenolic OH excluding ortho intramolecular Hbond substituents is 1. The van der Waals surface area contributed by atoms with Gasteiger partial charge in [0.2, 0.25) is 11.7 Å². The van der Waals surface area contributed by atoms with Crippen molar-refractivity contribution >= 4 is 11.0 Å². The molecule has 3 heterocycles. The van der Waals surface area contributed by atoms with Crippen molar-refractivity contribution in [2.24, 2.45) is 0 Å². The number of hydrogen-bond acceptors (Lipinski definition) is 14. The molecule has 5 rings (SSSR count). The van der Waals surface area contributed by atoms with E-state index in [4.69, 9.17) is 28.1 Å². The van der Waals surface area contributed by atoms with Crippen LogP contribution in [0.4, 0.5) is 0 Å². The lowest BCUT2D eigenvalue weighted by Crippen LogP contribution is -2.61. The smallest absolute Gasteiger partial charge is 0.229 e. The molecule has 0 spiro atoms. The molecule has 0 aliphatic carbocycles. The molecule has 2 fully saturated rings. The Morgan fingerprint density at radius 2 is 1.48 bits per heavy atom. The third kappa shape index (κ3) is 5.68. The number of rotatable bonds is 7. The standard InChI is InChI=1S/C28H32O14/c1-11-20(30)23(33)25(35)27(40-11)39-10-18-22(32)24(34)26(36)28(42-18)41-14-7-16(29)19-17(8-14)38-9-15(21(19)31)12-3-5-13(37-2)6-4-12/h3-9,11,18,20,22-30,32-36H,10H2,1-2H3/t11-,18-,20-,22-,23-,24-,25-,26-,27+,28+/m0/s1. The molecule has 2 aromatic carbocycles. The monoisotopic (exact) mass is 592 g/mol. The van der Waals surface area contributed by atoms with E-state index in [-0.39, 0.29) is 22.3 Å².